The highest BCUT2D eigenvalue weighted by Crippen LogP contribution is 2.40. The molecule has 12 heteroatoms. The van der Waals surface area contributed by atoms with Crippen LogP contribution in [0.4, 0.5) is 8.78 Å². The number of carbonyl (C=O) groups excluding carboxylic acids is 3. The molecule has 1 fully saturated rings. The molecule has 0 spiro atoms. The second-order valence-corrected chi connectivity index (χ2v) is 9.62. The molecule has 0 aliphatic heterocycles. The predicted molar refractivity (Wildman–Crippen MR) is 125 cm³/mol. The molecule has 3 aromatic rings. The minimum Gasteiger partial charge on any atom is -0.345 e. The van der Waals surface area contributed by atoms with E-state index in [1.165, 1.54) is 11.3 Å². The molecule has 4 rings (SSSR count). The van der Waals surface area contributed by atoms with Crippen molar-refractivity contribution >= 4 is 28.9 Å². The standard InChI is InChI=1S/C24H25F2N5O4S/c25-24(26)8-6-16(7-9-24)23-30-18(31-35-23)13-19(32)29-17(12-15-4-2-1-3-5-15)21(33)22(34)28-14-20-27-10-11-36-20/h1-5,10-11,16-17H,6-9,12-14H2,(H,28,34)(H,29,32)/t17-/m1/s1. The van der Waals surface area contributed by atoms with Gasteiger partial charge in [-0.25, -0.2) is 13.8 Å². The van der Waals surface area contributed by atoms with Crippen molar-refractivity contribution in [3.8, 4) is 0 Å². The first-order chi connectivity index (χ1) is 17.3. The first-order valence-electron chi connectivity index (χ1n) is 11.5. The van der Waals surface area contributed by atoms with Crippen LogP contribution >= 0.6 is 11.3 Å². The Kier molecular flexibility index (Phi) is 8.14. The van der Waals surface area contributed by atoms with Crippen LogP contribution in [0.15, 0.2) is 46.4 Å². The van der Waals surface area contributed by atoms with Gasteiger partial charge >= 0.3 is 0 Å². The van der Waals surface area contributed by atoms with Crippen LogP contribution in [0.3, 0.4) is 0 Å². The molecule has 2 heterocycles. The van der Waals surface area contributed by atoms with Crippen molar-refractivity contribution in [1.82, 2.24) is 25.8 Å². The number of alkyl halides is 2. The van der Waals surface area contributed by atoms with E-state index < -0.39 is 29.6 Å². The van der Waals surface area contributed by atoms with Crippen LogP contribution in [0.1, 0.15) is 53.9 Å². The number of carbonyl (C=O) groups is 3. The van der Waals surface area contributed by atoms with E-state index in [4.69, 9.17) is 4.52 Å². The molecule has 1 aliphatic carbocycles. The zero-order valence-corrected chi connectivity index (χ0v) is 20.1. The van der Waals surface area contributed by atoms with E-state index in [0.29, 0.717) is 5.01 Å². The number of amides is 2. The Morgan fingerprint density at radius 2 is 1.92 bits per heavy atom. The molecule has 2 amide bonds. The summed E-state index contributed by atoms with van der Waals surface area (Å²) in [6.07, 6.45) is 1.39. The second-order valence-electron chi connectivity index (χ2n) is 8.64. The van der Waals surface area contributed by atoms with E-state index in [9.17, 15) is 23.2 Å². The minimum absolute atomic E-state index is 0.0824. The van der Waals surface area contributed by atoms with E-state index in [1.807, 2.05) is 6.07 Å². The number of Topliss-reactive ketones (excluding diaryl/α,β-unsaturated/α-hetero) is 1. The van der Waals surface area contributed by atoms with Gasteiger partial charge in [0.2, 0.25) is 23.5 Å². The quantitative estimate of drug-likeness (QED) is 0.396. The smallest absolute Gasteiger partial charge is 0.289 e. The lowest BCUT2D eigenvalue weighted by atomic mass is 9.87. The number of aromatic nitrogens is 3. The van der Waals surface area contributed by atoms with Gasteiger partial charge in [-0.05, 0) is 18.4 Å². The van der Waals surface area contributed by atoms with Crippen molar-refractivity contribution in [2.24, 2.45) is 0 Å². The molecule has 1 aliphatic rings. The number of nitrogens with one attached hydrogen (secondary N) is 2. The third kappa shape index (κ3) is 7.00. The van der Waals surface area contributed by atoms with Crippen molar-refractivity contribution in [2.45, 2.75) is 63.0 Å². The van der Waals surface area contributed by atoms with Gasteiger partial charge in [0.05, 0.1) is 13.0 Å². The monoisotopic (exact) mass is 517 g/mol. The number of thiazole rings is 1. The van der Waals surface area contributed by atoms with Crippen LogP contribution in [0.5, 0.6) is 0 Å². The minimum atomic E-state index is -2.67. The summed E-state index contributed by atoms with van der Waals surface area (Å²) in [4.78, 5) is 46.4. The number of nitrogens with zero attached hydrogens (tertiary/aromatic N) is 3. The SMILES string of the molecule is O=C(Cc1noc(C2CCC(F)(F)CC2)n1)N[C@H](Cc1ccccc1)C(=O)C(=O)NCc1nccs1. The van der Waals surface area contributed by atoms with Crippen LogP contribution in [0.25, 0.3) is 0 Å². The molecule has 190 valence electrons. The van der Waals surface area contributed by atoms with Crippen molar-refractivity contribution in [2.75, 3.05) is 0 Å². The zero-order valence-electron chi connectivity index (χ0n) is 19.3. The molecule has 36 heavy (non-hydrogen) atoms. The van der Waals surface area contributed by atoms with Gasteiger partial charge < -0.3 is 15.2 Å². The van der Waals surface area contributed by atoms with E-state index in [2.05, 4.69) is 25.8 Å². The normalized spacial score (nSPS) is 16.3. The lowest BCUT2D eigenvalue weighted by Gasteiger charge is -2.25. The summed E-state index contributed by atoms with van der Waals surface area (Å²) in [5, 5.41) is 11.3. The van der Waals surface area contributed by atoms with Crippen molar-refractivity contribution in [3.05, 3.63) is 64.2 Å². The number of benzene rings is 1. The summed E-state index contributed by atoms with van der Waals surface area (Å²) in [5.74, 6) is -4.83. The van der Waals surface area contributed by atoms with Crippen LogP contribution in [0, 0.1) is 0 Å². The van der Waals surface area contributed by atoms with Crippen molar-refractivity contribution in [1.29, 1.82) is 0 Å². The average Bonchev–Trinajstić information content (AvgIpc) is 3.55. The summed E-state index contributed by atoms with van der Waals surface area (Å²) in [6, 6.07) is 7.88. The Bertz CT molecular complexity index is 1180. The Hall–Kier alpha value is -3.54. The average molecular weight is 518 g/mol. The third-order valence-corrected chi connectivity index (χ3v) is 6.69. The molecule has 2 aromatic heterocycles. The van der Waals surface area contributed by atoms with Gasteiger partial charge in [-0.15, -0.1) is 11.3 Å². The molecule has 2 N–H and O–H groups in total. The lowest BCUT2D eigenvalue weighted by molar-refractivity contribution is -0.140. The van der Waals surface area contributed by atoms with Crippen LogP contribution in [-0.4, -0.2) is 44.7 Å². The van der Waals surface area contributed by atoms with Crippen LogP contribution in [-0.2, 0) is 33.8 Å². The Morgan fingerprint density at radius 3 is 2.61 bits per heavy atom. The molecule has 1 saturated carbocycles. The summed E-state index contributed by atoms with van der Waals surface area (Å²) in [5.41, 5.74) is 0.764. The van der Waals surface area contributed by atoms with E-state index in [0.717, 1.165) is 5.56 Å². The first-order valence-corrected chi connectivity index (χ1v) is 12.4. The maximum absolute atomic E-state index is 13.4. The highest BCUT2D eigenvalue weighted by molar-refractivity contribution is 7.09. The molecular weight excluding hydrogens is 492 g/mol. The maximum atomic E-state index is 13.4. The largest absolute Gasteiger partial charge is 0.345 e. The Morgan fingerprint density at radius 1 is 1.17 bits per heavy atom. The summed E-state index contributed by atoms with van der Waals surface area (Å²) >= 11 is 1.34. The summed E-state index contributed by atoms with van der Waals surface area (Å²) in [6.45, 7) is 0.104. The van der Waals surface area contributed by atoms with E-state index >= 15 is 0 Å². The number of hydrogen-bond donors (Lipinski definition) is 2. The molecular formula is C24H25F2N5O4S. The van der Waals surface area contributed by atoms with Gasteiger partial charge in [-0.1, -0.05) is 35.5 Å². The Balaban J connectivity index is 1.37. The number of hydrogen-bond acceptors (Lipinski definition) is 8. The molecule has 0 radical (unpaired) electrons. The lowest BCUT2D eigenvalue weighted by Crippen LogP contribution is -2.49. The number of ketones is 1. The fourth-order valence-electron chi connectivity index (χ4n) is 3.98. The van der Waals surface area contributed by atoms with Gasteiger partial charge in [-0.2, -0.15) is 4.98 Å². The fourth-order valence-corrected chi connectivity index (χ4v) is 4.54. The first kappa shape index (κ1) is 25.5. The highest BCUT2D eigenvalue weighted by atomic mass is 32.1. The maximum Gasteiger partial charge on any atom is 0.289 e. The van der Waals surface area contributed by atoms with Gasteiger partial charge in [0.1, 0.15) is 11.0 Å². The zero-order chi connectivity index (χ0) is 25.5. The topological polar surface area (TPSA) is 127 Å². The van der Waals surface area contributed by atoms with E-state index in [1.54, 1.807) is 35.8 Å². The molecule has 1 aromatic carbocycles. The van der Waals surface area contributed by atoms with Gasteiger partial charge in [-0.3, -0.25) is 14.4 Å². The second kappa shape index (κ2) is 11.5. The Labute approximate surface area is 209 Å². The molecule has 1 atom stereocenters. The number of rotatable bonds is 10. The van der Waals surface area contributed by atoms with Gasteiger partial charge in [0.25, 0.3) is 5.91 Å². The van der Waals surface area contributed by atoms with Gasteiger partial charge in [0.15, 0.2) is 5.82 Å². The van der Waals surface area contributed by atoms with Gasteiger partial charge in [0, 0.05) is 36.8 Å². The summed E-state index contributed by atoms with van der Waals surface area (Å²) in [7, 11) is 0. The van der Waals surface area contributed by atoms with Crippen LogP contribution < -0.4 is 10.6 Å². The molecule has 9 nitrogen and oxygen atoms in total. The van der Waals surface area contributed by atoms with Crippen molar-refractivity contribution < 1.29 is 27.7 Å². The third-order valence-electron chi connectivity index (χ3n) is 5.91. The highest BCUT2D eigenvalue weighted by Gasteiger charge is 2.37. The van der Waals surface area contributed by atoms with Crippen LogP contribution in [0.2, 0.25) is 0 Å². The predicted octanol–water partition coefficient (Wildman–Crippen LogP) is 2.97. The van der Waals surface area contributed by atoms with Crippen molar-refractivity contribution in [3.63, 3.8) is 0 Å². The number of halogens is 2. The molecule has 0 saturated heterocycles. The van der Waals surface area contributed by atoms with E-state index in [-0.39, 0.29) is 62.7 Å². The molecule has 0 unspecified atom stereocenters. The fraction of sp³-hybridized carbons (Fsp3) is 0.417. The molecule has 0 bridgehead atoms. The summed E-state index contributed by atoms with van der Waals surface area (Å²) < 4.78 is 32.0.